The fourth-order valence-corrected chi connectivity index (χ4v) is 2.94. The molecule has 0 bridgehead atoms. The minimum absolute atomic E-state index is 0.165. The Bertz CT molecular complexity index is 570. The van der Waals surface area contributed by atoms with Gasteiger partial charge in [-0.25, -0.2) is 13.6 Å². The monoisotopic (exact) mass is 355 g/mol. The highest BCUT2D eigenvalue weighted by atomic mass is 19.3. The lowest BCUT2D eigenvalue weighted by Crippen LogP contribution is -2.49. The first-order chi connectivity index (χ1) is 11.9. The van der Waals surface area contributed by atoms with Crippen molar-refractivity contribution in [1.29, 1.82) is 0 Å². The third-order valence-electron chi connectivity index (χ3n) is 4.35. The first kappa shape index (κ1) is 19.3. The van der Waals surface area contributed by atoms with E-state index in [9.17, 15) is 18.4 Å². The molecular weight excluding hydrogens is 332 g/mol. The third kappa shape index (κ3) is 6.08. The Morgan fingerprint density at radius 3 is 2.48 bits per heavy atom. The van der Waals surface area contributed by atoms with E-state index < -0.39 is 23.8 Å². The molecule has 0 spiro atoms. The average Bonchev–Trinajstić information content (AvgIpc) is 2.60. The highest BCUT2D eigenvalue weighted by Crippen LogP contribution is 2.37. The van der Waals surface area contributed by atoms with Crippen molar-refractivity contribution in [3.05, 3.63) is 35.9 Å². The molecule has 1 N–H and O–H groups in total. The molecule has 1 aromatic rings. The second-order valence-corrected chi connectivity index (χ2v) is 6.24. The van der Waals surface area contributed by atoms with Crippen LogP contribution in [0.5, 0.6) is 0 Å². The molecule has 0 heterocycles. The third-order valence-corrected chi connectivity index (χ3v) is 4.35. The van der Waals surface area contributed by atoms with Gasteiger partial charge in [0.15, 0.2) is 0 Å². The molecule has 1 aliphatic carbocycles. The summed E-state index contributed by atoms with van der Waals surface area (Å²) >= 11 is 0. The molecule has 0 radical (unpaired) electrons. The van der Waals surface area contributed by atoms with E-state index in [1.807, 2.05) is 30.3 Å². The van der Waals surface area contributed by atoms with Crippen LogP contribution in [-0.2, 0) is 25.7 Å². The quantitative estimate of drug-likeness (QED) is 0.764. The van der Waals surface area contributed by atoms with Crippen molar-refractivity contribution in [2.75, 3.05) is 13.7 Å². The summed E-state index contributed by atoms with van der Waals surface area (Å²) in [6.07, 6.45) is -0.243. The predicted octanol–water partition coefficient (Wildman–Crippen LogP) is 2.69. The molecule has 0 unspecified atom stereocenters. The maximum Gasteiger partial charge on any atom is 0.328 e. The zero-order chi connectivity index (χ0) is 18.3. The lowest BCUT2D eigenvalue weighted by Gasteiger charge is -2.32. The Morgan fingerprint density at radius 2 is 1.88 bits per heavy atom. The average molecular weight is 355 g/mol. The maximum absolute atomic E-state index is 13.3. The van der Waals surface area contributed by atoms with E-state index in [-0.39, 0.29) is 44.8 Å². The van der Waals surface area contributed by atoms with Crippen molar-refractivity contribution >= 4 is 11.9 Å². The van der Waals surface area contributed by atoms with Gasteiger partial charge in [-0.05, 0) is 24.3 Å². The predicted molar refractivity (Wildman–Crippen MR) is 86.9 cm³/mol. The summed E-state index contributed by atoms with van der Waals surface area (Å²) in [6, 6.07) is 8.43. The molecule has 1 aromatic carbocycles. The van der Waals surface area contributed by atoms with Crippen LogP contribution in [0.15, 0.2) is 30.3 Å². The number of carbonyl (C=O) groups excluding carboxylic acids is 2. The van der Waals surface area contributed by atoms with Gasteiger partial charge in [-0.15, -0.1) is 0 Å². The van der Waals surface area contributed by atoms with Crippen LogP contribution in [0.4, 0.5) is 8.78 Å². The SMILES string of the molecule is COC(=O)[C@@H](NC(=O)COCc1ccccc1)C1CCC(F)(F)CC1. The molecule has 1 amide bonds. The van der Waals surface area contributed by atoms with E-state index in [0.29, 0.717) is 0 Å². The minimum atomic E-state index is -2.69. The van der Waals surface area contributed by atoms with Gasteiger partial charge in [0.1, 0.15) is 12.6 Å². The summed E-state index contributed by atoms with van der Waals surface area (Å²) in [5.41, 5.74) is 0.925. The van der Waals surface area contributed by atoms with Crippen LogP contribution in [-0.4, -0.2) is 37.6 Å². The van der Waals surface area contributed by atoms with Crippen molar-refractivity contribution in [2.24, 2.45) is 5.92 Å². The summed E-state index contributed by atoms with van der Waals surface area (Å²) in [5, 5.41) is 2.57. The van der Waals surface area contributed by atoms with Crippen LogP contribution in [0.2, 0.25) is 0 Å². The summed E-state index contributed by atoms with van der Waals surface area (Å²) in [5.74, 6) is -4.14. The van der Waals surface area contributed by atoms with E-state index in [1.54, 1.807) is 0 Å². The number of hydrogen-bond acceptors (Lipinski definition) is 4. The van der Waals surface area contributed by atoms with Crippen molar-refractivity contribution in [2.45, 2.75) is 44.3 Å². The zero-order valence-electron chi connectivity index (χ0n) is 14.2. The number of alkyl halides is 2. The molecule has 5 nitrogen and oxygen atoms in total. The highest BCUT2D eigenvalue weighted by Gasteiger charge is 2.40. The normalized spacial score (nSPS) is 18.4. The lowest BCUT2D eigenvalue weighted by atomic mass is 9.82. The van der Waals surface area contributed by atoms with Gasteiger partial charge < -0.3 is 14.8 Å². The van der Waals surface area contributed by atoms with Gasteiger partial charge in [0.25, 0.3) is 0 Å². The maximum atomic E-state index is 13.3. The number of esters is 1. The van der Waals surface area contributed by atoms with Gasteiger partial charge in [-0.3, -0.25) is 4.79 Å². The standard InChI is InChI=1S/C18H23F2NO4/c1-24-17(23)16(14-7-9-18(19,20)10-8-14)21-15(22)12-25-11-13-5-3-2-4-6-13/h2-6,14,16H,7-12H2,1H3,(H,21,22)/t16-/m0/s1. The number of methoxy groups -OCH3 is 1. The number of hydrogen-bond donors (Lipinski definition) is 1. The van der Waals surface area contributed by atoms with Crippen molar-refractivity contribution in [1.82, 2.24) is 5.32 Å². The lowest BCUT2D eigenvalue weighted by molar-refractivity contribution is -0.149. The molecule has 0 saturated heterocycles. The molecule has 2 rings (SSSR count). The Labute approximate surface area is 145 Å². The number of carbonyl (C=O) groups is 2. The Morgan fingerprint density at radius 1 is 1.24 bits per heavy atom. The molecule has 1 fully saturated rings. The molecule has 1 aliphatic rings. The number of nitrogens with one attached hydrogen (secondary N) is 1. The van der Waals surface area contributed by atoms with Crippen molar-refractivity contribution in [3.63, 3.8) is 0 Å². The number of halogens is 2. The topological polar surface area (TPSA) is 64.6 Å². The van der Waals surface area contributed by atoms with Crippen LogP contribution in [0, 0.1) is 5.92 Å². The molecule has 1 saturated carbocycles. The van der Waals surface area contributed by atoms with Crippen LogP contribution >= 0.6 is 0 Å². The first-order valence-electron chi connectivity index (χ1n) is 8.28. The van der Waals surface area contributed by atoms with Crippen LogP contribution in [0.3, 0.4) is 0 Å². The van der Waals surface area contributed by atoms with Gasteiger partial charge in [0, 0.05) is 12.8 Å². The summed E-state index contributed by atoms with van der Waals surface area (Å²) in [6.45, 7) is 0.0536. The van der Waals surface area contributed by atoms with Crippen LogP contribution < -0.4 is 5.32 Å². The number of rotatable bonds is 7. The fraction of sp³-hybridized carbons (Fsp3) is 0.556. The number of amides is 1. The molecular formula is C18H23F2NO4. The minimum Gasteiger partial charge on any atom is -0.467 e. The van der Waals surface area contributed by atoms with Crippen LogP contribution in [0.1, 0.15) is 31.2 Å². The molecule has 0 aliphatic heterocycles. The molecule has 7 heteroatoms. The summed E-state index contributed by atoms with van der Waals surface area (Å²) in [4.78, 5) is 24.0. The second kappa shape index (κ2) is 8.89. The largest absolute Gasteiger partial charge is 0.467 e. The van der Waals surface area contributed by atoms with Crippen molar-refractivity contribution < 1.29 is 27.8 Å². The van der Waals surface area contributed by atoms with Gasteiger partial charge in [-0.1, -0.05) is 30.3 Å². The van der Waals surface area contributed by atoms with E-state index >= 15 is 0 Å². The van der Waals surface area contributed by atoms with E-state index in [4.69, 9.17) is 9.47 Å². The Hall–Kier alpha value is -2.02. The Kier molecular flexibility index (Phi) is 6.87. The number of benzene rings is 1. The summed E-state index contributed by atoms with van der Waals surface area (Å²) < 4.78 is 36.6. The summed E-state index contributed by atoms with van der Waals surface area (Å²) in [7, 11) is 1.21. The van der Waals surface area contributed by atoms with E-state index in [0.717, 1.165) is 5.56 Å². The zero-order valence-corrected chi connectivity index (χ0v) is 14.2. The Balaban J connectivity index is 1.84. The van der Waals surface area contributed by atoms with Crippen molar-refractivity contribution in [3.8, 4) is 0 Å². The highest BCUT2D eigenvalue weighted by molar-refractivity contribution is 5.85. The van der Waals surface area contributed by atoms with E-state index in [2.05, 4.69) is 5.32 Å². The molecule has 25 heavy (non-hydrogen) atoms. The molecule has 1 atom stereocenters. The first-order valence-corrected chi connectivity index (χ1v) is 8.28. The number of ether oxygens (including phenoxy) is 2. The van der Waals surface area contributed by atoms with Gasteiger partial charge >= 0.3 is 5.97 Å². The fourth-order valence-electron chi connectivity index (χ4n) is 2.94. The molecule has 138 valence electrons. The van der Waals surface area contributed by atoms with Crippen LogP contribution in [0.25, 0.3) is 0 Å². The van der Waals surface area contributed by atoms with E-state index in [1.165, 1.54) is 7.11 Å². The smallest absolute Gasteiger partial charge is 0.328 e. The van der Waals surface area contributed by atoms with Gasteiger partial charge in [0.05, 0.1) is 13.7 Å². The second-order valence-electron chi connectivity index (χ2n) is 6.24. The van der Waals surface area contributed by atoms with Gasteiger partial charge in [-0.2, -0.15) is 0 Å². The van der Waals surface area contributed by atoms with Gasteiger partial charge in [0.2, 0.25) is 11.8 Å². The molecule has 0 aromatic heterocycles.